The van der Waals surface area contributed by atoms with Gasteiger partial charge in [-0.25, -0.2) is 0 Å². The maximum absolute atomic E-state index is 11.9. The quantitative estimate of drug-likeness (QED) is 0.726. The summed E-state index contributed by atoms with van der Waals surface area (Å²) in [5, 5.41) is 6.01. The van der Waals surface area contributed by atoms with Crippen molar-refractivity contribution in [3.8, 4) is 0 Å². The topological polar surface area (TPSA) is 97.4 Å². The van der Waals surface area contributed by atoms with Crippen molar-refractivity contribution in [3.63, 3.8) is 0 Å². The van der Waals surface area contributed by atoms with Gasteiger partial charge >= 0.3 is 0 Å². The molecular weight excluding hydrogens is 353 g/mol. The maximum Gasteiger partial charge on any atom is 0.254 e. The monoisotopic (exact) mass is 371 g/mol. The molecule has 0 bridgehead atoms. The summed E-state index contributed by atoms with van der Waals surface area (Å²) in [6.07, 6.45) is 1.49. The van der Waals surface area contributed by atoms with E-state index in [4.69, 9.17) is 21.8 Å². The predicted octanol–water partition coefficient (Wildman–Crippen LogP) is 2.88. The van der Waals surface area contributed by atoms with Gasteiger partial charge in [0.05, 0.1) is 12.1 Å². The Balaban J connectivity index is 0.00000288. The first kappa shape index (κ1) is 20.0. The molecule has 8 heteroatoms. The van der Waals surface area contributed by atoms with E-state index in [2.05, 4.69) is 10.6 Å². The Bertz CT molecular complexity index is 716. The van der Waals surface area contributed by atoms with Crippen molar-refractivity contribution in [1.82, 2.24) is 5.32 Å². The van der Waals surface area contributed by atoms with Crippen LogP contribution < -0.4 is 16.4 Å². The summed E-state index contributed by atoms with van der Waals surface area (Å²) in [4.78, 5) is 23.8. The number of carbonyl (C=O) groups excluding carboxylic acids is 2. The van der Waals surface area contributed by atoms with Gasteiger partial charge in [-0.15, -0.1) is 12.4 Å². The fraction of sp³-hybridized carbons (Fsp3) is 0.250. The van der Waals surface area contributed by atoms with E-state index in [1.54, 1.807) is 24.3 Å². The van der Waals surface area contributed by atoms with Crippen LogP contribution in [0.4, 0.5) is 5.69 Å². The molecule has 2 aromatic rings. The van der Waals surface area contributed by atoms with Crippen molar-refractivity contribution in [3.05, 3.63) is 52.4 Å². The Labute approximate surface area is 151 Å². The molecule has 24 heavy (non-hydrogen) atoms. The Morgan fingerprint density at radius 3 is 2.75 bits per heavy atom. The van der Waals surface area contributed by atoms with Crippen molar-refractivity contribution < 1.29 is 14.0 Å². The second-order valence-corrected chi connectivity index (χ2v) is 5.38. The number of nitrogens with two attached hydrogens (primary N) is 1. The highest BCUT2D eigenvalue weighted by atomic mass is 35.5. The number of halogens is 2. The Morgan fingerprint density at radius 1 is 1.33 bits per heavy atom. The number of furan rings is 1. The largest absolute Gasteiger partial charge is 0.467 e. The molecule has 0 atom stereocenters. The minimum atomic E-state index is -0.305. The lowest BCUT2D eigenvalue weighted by molar-refractivity contribution is -0.116. The summed E-state index contributed by atoms with van der Waals surface area (Å²) in [5.41, 5.74) is 7.27. The lowest BCUT2D eigenvalue weighted by Gasteiger charge is -2.09. The van der Waals surface area contributed by atoms with Gasteiger partial charge in [0.2, 0.25) is 5.91 Å². The highest BCUT2D eigenvalue weighted by Crippen LogP contribution is 2.22. The molecule has 1 heterocycles. The van der Waals surface area contributed by atoms with E-state index >= 15 is 0 Å². The zero-order valence-corrected chi connectivity index (χ0v) is 14.7. The summed E-state index contributed by atoms with van der Waals surface area (Å²) in [6, 6.07) is 6.87. The van der Waals surface area contributed by atoms with E-state index in [1.807, 2.05) is 6.92 Å². The number of rotatable bonds is 6. The molecule has 6 nitrogen and oxygen atoms in total. The highest BCUT2D eigenvalue weighted by Gasteiger charge is 2.11. The molecule has 1 aromatic heterocycles. The third-order valence-electron chi connectivity index (χ3n) is 3.30. The van der Waals surface area contributed by atoms with E-state index in [1.165, 1.54) is 6.26 Å². The summed E-state index contributed by atoms with van der Waals surface area (Å²) >= 11 is 6.00. The van der Waals surface area contributed by atoms with Gasteiger partial charge in [-0.3, -0.25) is 9.59 Å². The minimum Gasteiger partial charge on any atom is -0.467 e. The summed E-state index contributed by atoms with van der Waals surface area (Å²) in [6.45, 7) is 2.27. The van der Waals surface area contributed by atoms with Gasteiger partial charge in [0, 0.05) is 23.7 Å². The fourth-order valence-corrected chi connectivity index (χ4v) is 2.13. The molecule has 0 aliphatic rings. The minimum absolute atomic E-state index is 0. The van der Waals surface area contributed by atoms with Crippen LogP contribution in [0.3, 0.4) is 0 Å². The van der Waals surface area contributed by atoms with E-state index in [0.29, 0.717) is 22.0 Å². The van der Waals surface area contributed by atoms with Crippen LogP contribution in [0.1, 0.15) is 28.1 Å². The summed E-state index contributed by atoms with van der Waals surface area (Å²) < 4.78 is 5.09. The van der Waals surface area contributed by atoms with Gasteiger partial charge in [-0.1, -0.05) is 17.7 Å². The van der Waals surface area contributed by atoms with Crippen LogP contribution in [-0.4, -0.2) is 18.4 Å². The molecule has 130 valence electrons. The molecule has 0 aliphatic heterocycles. The van der Waals surface area contributed by atoms with Crippen LogP contribution in [0.2, 0.25) is 5.02 Å². The first-order chi connectivity index (χ1) is 11.0. The molecule has 0 radical (unpaired) electrons. The van der Waals surface area contributed by atoms with E-state index in [9.17, 15) is 9.59 Å². The van der Waals surface area contributed by atoms with Gasteiger partial charge in [0.1, 0.15) is 12.0 Å². The van der Waals surface area contributed by atoms with E-state index in [0.717, 1.165) is 5.56 Å². The molecule has 0 aliphatic carbocycles. The Morgan fingerprint density at radius 2 is 2.08 bits per heavy atom. The van der Waals surface area contributed by atoms with Crippen LogP contribution in [-0.2, 0) is 11.3 Å². The van der Waals surface area contributed by atoms with Crippen molar-refractivity contribution in [2.45, 2.75) is 19.9 Å². The van der Waals surface area contributed by atoms with Crippen LogP contribution in [0.5, 0.6) is 0 Å². The van der Waals surface area contributed by atoms with Crippen LogP contribution >= 0.6 is 24.0 Å². The lowest BCUT2D eigenvalue weighted by atomic mass is 10.2. The first-order valence-corrected chi connectivity index (χ1v) is 7.49. The number of hydrogen-bond acceptors (Lipinski definition) is 4. The zero-order valence-electron chi connectivity index (χ0n) is 13.1. The van der Waals surface area contributed by atoms with Gasteiger partial charge in [0.15, 0.2) is 0 Å². The number of amides is 2. The van der Waals surface area contributed by atoms with Crippen LogP contribution in [0.15, 0.2) is 34.9 Å². The second kappa shape index (κ2) is 9.32. The number of benzene rings is 1. The predicted molar refractivity (Wildman–Crippen MR) is 95.6 cm³/mol. The van der Waals surface area contributed by atoms with E-state index in [-0.39, 0.29) is 43.7 Å². The third-order valence-corrected chi connectivity index (χ3v) is 3.71. The van der Waals surface area contributed by atoms with Crippen molar-refractivity contribution in [2.75, 3.05) is 11.9 Å². The smallest absolute Gasteiger partial charge is 0.254 e. The van der Waals surface area contributed by atoms with E-state index < -0.39 is 0 Å². The van der Waals surface area contributed by atoms with Gasteiger partial charge in [0.25, 0.3) is 5.91 Å². The van der Waals surface area contributed by atoms with Crippen molar-refractivity contribution in [2.24, 2.45) is 5.73 Å². The average Bonchev–Trinajstić information content (AvgIpc) is 3.01. The van der Waals surface area contributed by atoms with Gasteiger partial charge < -0.3 is 20.8 Å². The maximum atomic E-state index is 11.9. The average molecular weight is 372 g/mol. The number of hydrogen-bond donors (Lipinski definition) is 3. The number of carbonyl (C=O) groups is 2. The molecular formula is C16H19Cl2N3O3. The molecule has 0 saturated carbocycles. The molecule has 2 amide bonds. The normalized spacial score (nSPS) is 9.96. The summed E-state index contributed by atoms with van der Waals surface area (Å²) in [7, 11) is 0. The van der Waals surface area contributed by atoms with Crippen LogP contribution in [0.25, 0.3) is 0 Å². The molecule has 1 aromatic carbocycles. The fourth-order valence-electron chi connectivity index (χ4n) is 1.95. The van der Waals surface area contributed by atoms with Crippen molar-refractivity contribution in [1.29, 1.82) is 0 Å². The Kier molecular flexibility index (Phi) is 7.78. The van der Waals surface area contributed by atoms with Crippen molar-refractivity contribution >= 4 is 41.5 Å². The Hall–Kier alpha value is -2.02. The first-order valence-electron chi connectivity index (χ1n) is 7.12. The molecule has 0 unspecified atom stereocenters. The molecule has 4 N–H and O–H groups in total. The number of nitrogens with one attached hydrogen (secondary N) is 2. The van der Waals surface area contributed by atoms with Gasteiger partial charge in [-0.05, 0) is 30.7 Å². The molecule has 2 rings (SSSR count). The standard InChI is InChI=1S/C16H18ClN3O3.ClH/c1-10-13(17)3-2-4-14(10)20-15(21)5-6-19-16(22)11-7-12(8-18)23-9-11;/h2-4,7,9H,5-6,8,18H2,1H3,(H,19,22)(H,20,21);1H. The lowest BCUT2D eigenvalue weighted by Crippen LogP contribution is -2.27. The SMILES string of the molecule is Cc1c(Cl)cccc1NC(=O)CCNC(=O)c1coc(CN)c1.Cl. The third kappa shape index (κ3) is 5.26. The number of anilines is 1. The zero-order chi connectivity index (χ0) is 16.8. The van der Waals surface area contributed by atoms with Crippen LogP contribution in [0, 0.1) is 6.92 Å². The molecule has 0 fully saturated rings. The molecule has 0 spiro atoms. The second-order valence-electron chi connectivity index (χ2n) is 4.97. The van der Waals surface area contributed by atoms with Gasteiger partial charge in [-0.2, -0.15) is 0 Å². The summed E-state index contributed by atoms with van der Waals surface area (Å²) in [5.74, 6) is 0.0232. The highest BCUT2D eigenvalue weighted by molar-refractivity contribution is 6.31. The molecule has 0 saturated heterocycles.